The Kier molecular flexibility index (Phi) is 7.05. The molecule has 3 rings (SSSR count). The molecule has 0 aliphatic carbocycles. The molecule has 1 saturated heterocycles. The van der Waals surface area contributed by atoms with Crippen LogP contribution in [0.15, 0.2) is 42.6 Å². The normalized spacial score (nSPS) is 15.1. The van der Waals surface area contributed by atoms with Gasteiger partial charge in [-0.05, 0) is 43.3 Å². The number of hydrogen-bond donors (Lipinski definition) is 2. The molecule has 1 aliphatic rings. The molecule has 156 valence electrons. The standard InChI is InChI=1S/C20H23F3N4O2/c21-20(22,23)16-3-1-4-17(13-16)26-18-6-5-15(14-25-18)19(28)24-7-2-8-27-9-11-29-12-10-27/h1,3-6,13-14H,2,7-12H2,(H,24,28)(H,25,26). The lowest BCUT2D eigenvalue weighted by atomic mass is 10.2. The summed E-state index contributed by atoms with van der Waals surface area (Å²) in [6.07, 6.45) is -2.17. The van der Waals surface area contributed by atoms with E-state index in [1.54, 1.807) is 12.1 Å². The maximum atomic E-state index is 12.8. The Morgan fingerprint density at radius 2 is 1.97 bits per heavy atom. The topological polar surface area (TPSA) is 66.5 Å². The summed E-state index contributed by atoms with van der Waals surface area (Å²) in [5.41, 5.74) is -0.0748. The Bertz CT molecular complexity index is 806. The number of rotatable bonds is 7. The second kappa shape index (κ2) is 9.71. The van der Waals surface area contributed by atoms with Crippen molar-refractivity contribution in [3.8, 4) is 0 Å². The summed E-state index contributed by atoms with van der Waals surface area (Å²) in [6, 6.07) is 8.00. The van der Waals surface area contributed by atoms with Gasteiger partial charge in [-0.1, -0.05) is 6.07 Å². The van der Waals surface area contributed by atoms with Crippen LogP contribution in [0.3, 0.4) is 0 Å². The van der Waals surface area contributed by atoms with Gasteiger partial charge in [-0.3, -0.25) is 9.69 Å². The lowest BCUT2D eigenvalue weighted by molar-refractivity contribution is -0.137. The Balaban J connectivity index is 1.47. The molecule has 2 N–H and O–H groups in total. The van der Waals surface area contributed by atoms with E-state index in [1.165, 1.54) is 18.3 Å². The van der Waals surface area contributed by atoms with E-state index in [1.807, 2.05) is 0 Å². The number of benzene rings is 1. The van der Waals surface area contributed by atoms with Gasteiger partial charge in [0.25, 0.3) is 5.91 Å². The van der Waals surface area contributed by atoms with Crippen LogP contribution in [0.25, 0.3) is 0 Å². The average Bonchev–Trinajstić information content (AvgIpc) is 2.72. The van der Waals surface area contributed by atoms with Gasteiger partial charge in [0.1, 0.15) is 5.82 Å². The highest BCUT2D eigenvalue weighted by atomic mass is 19.4. The fraction of sp³-hybridized carbons (Fsp3) is 0.400. The summed E-state index contributed by atoms with van der Waals surface area (Å²) in [4.78, 5) is 18.6. The fourth-order valence-corrected chi connectivity index (χ4v) is 2.95. The van der Waals surface area contributed by atoms with Crippen molar-refractivity contribution in [2.45, 2.75) is 12.6 Å². The number of carbonyl (C=O) groups is 1. The molecule has 2 heterocycles. The molecule has 1 fully saturated rings. The maximum absolute atomic E-state index is 12.8. The van der Waals surface area contributed by atoms with E-state index in [0.29, 0.717) is 17.9 Å². The van der Waals surface area contributed by atoms with E-state index in [9.17, 15) is 18.0 Å². The van der Waals surface area contributed by atoms with Gasteiger partial charge in [0.15, 0.2) is 0 Å². The number of halogens is 3. The highest BCUT2D eigenvalue weighted by Crippen LogP contribution is 2.31. The summed E-state index contributed by atoms with van der Waals surface area (Å²) in [7, 11) is 0. The number of pyridine rings is 1. The molecule has 1 aromatic carbocycles. The molecule has 6 nitrogen and oxygen atoms in total. The molecule has 0 spiro atoms. The summed E-state index contributed by atoms with van der Waals surface area (Å²) in [6.45, 7) is 4.79. The summed E-state index contributed by atoms with van der Waals surface area (Å²) in [5, 5.41) is 5.66. The van der Waals surface area contributed by atoms with E-state index < -0.39 is 11.7 Å². The van der Waals surface area contributed by atoms with Crippen molar-refractivity contribution in [1.82, 2.24) is 15.2 Å². The van der Waals surface area contributed by atoms with Crippen molar-refractivity contribution in [3.05, 3.63) is 53.7 Å². The molecule has 0 radical (unpaired) electrons. The van der Waals surface area contributed by atoms with Gasteiger partial charge in [0, 0.05) is 31.5 Å². The molecule has 1 aromatic heterocycles. The van der Waals surface area contributed by atoms with E-state index >= 15 is 0 Å². The van der Waals surface area contributed by atoms with Crippen molar-refractivity contribution >= 4 is 17.4 Å². The van der Waals surface area contributed by atoms with Gasteiger partial charge in [-0.2, -0.15) is 13.2 Å². The smallest absolute Gasteiger partial charge is 0.379 e. The number of morpholine rings is 1. The third-order valence-electron chi connectivity index (χ3n) is 4.53. The molecular weight excluding hydrogens is 385 g/mol. The van der Waals surface area contributed by atoms with E-state index in [2.05, 4.69) is 20.5 Å². The lowest BCUT2D eigenvalue weighted by Crippen LogP contribution is -2.38. The summed E-state index contributed by atoms with van der Waals surface area (Å²) >= 11 is 0. The molecule has 0 atom stereocenters. The molecule has 29 heavy (non-hydrogen) atoms. The summed E-state index contributed by atoms with van der Waals surface area (Å²) in [5.74, 6) is 0.123. The molecule has 9 heteroatoms. The molecule has 2 aromatic rings. The first kappa shape index (κ1) is 21.1. The van der Waals surface area contributed by atoms with Crippen LogP contribution in [-0.2, 0) is 10.9 Å². The number of ether oxygens (including phenoxy) is 1. The minimum atomic E-state index is -4.41. The Morgan fingerprint density at radius 1 is 1.17 bits per heavy atom. The highest BCUT2D eigenvalue weighted by Gasteiger charge is 2.30. The molecule has 0 unspecified atom stereocenters. The van der Waals surface area contributed by atoms with Gasteiger partial charge in [-0.15, -0.1) is 0 Å². The third kappa shape index (κ3) is 6.43. The predicted octanol–water partition coefficient (Wildman–Crippen LogP) is 3.30. The Labute approximate surface area is 167 Å². The minimum Gasteiger partial charge on any atom is -0.379 e. The first-order valence-corrected chi connectivity index (χ1v) is 9.40. The predicted molar refractivity (Wildman–Crippen MR) is 103 cm³/mol. The second-order valence-electron chi connectivity index (χ2n) is 6.70. The van der Waals surface area contributed by atoms with Crippen LogP contribution in [0.4, 0.5) is 24.7 Å². The zero-order valence-electron chi connectivity index (χ0n) is 15.8. The van der Waals surface area contributed by atoms with E-state index in [0.717, 1.165) is 51.4 Å². The number of alkyl halides is 3. The van der Waals surface area contributed by atoms with Crippen molar-refractivity contribution in [2.75, 3.05) is 44.7 Å². The lowest BCUT2D eigenvalue weighted by Gasteiger charge is -2.26. The number of carbonyl (C=O) groups excluding carboxylic acids is 1. The second-order valence-corrected chi connectivity index (χ2v) is 6.70. The quantitative estimate of drug-likeness (QED) is 0.689. The maximum Gasteiger partial charge on any atom is 0.416 e. The van der Waals surface area contributed by atoms with Crippen LogP contribution < -0.4 is 10.6 Å². The first-order chi connectivity index (χ1) is 13.9. The van der Waals surface area contributed by atoms with Crippen LogP contribution in [0.1, 0.15) is 22.3 Å². The van der Waals surface area contributed by atoms with E-state index in [4.69, 9.17) is 4.74 Å². The fourth-order valence-electron chi connectivity index (χ4n) is 2.95. The number of aromatic nitrogens is 1. The monoisotopic (exact) mass is 408 g/mol. The van der Waals surface area contributed by atoms with Gasteiger partial charge in [0.2, 0.25) is 0 Å². The molecule has 1 aliphatic heterocycles. The van der Waals surface area contributed by atoms with Crippen LogP contribution in [0.5, 0.6) is 0 Å². The SMILES string of the molecule is O=C(NCCCN1CCOCC1)c1ccc(Nc2cccc(C(F)(F)F)c2)nc1. The molecule has 0 saturated carbocycles. The largest absolute Gasteiger partial charge is 0.416 e. The number of nitrogens with one attached hydrogen (secondary N) is 2. The molecule has 0 bridgehead atoms. The van der Waals surface area contributed by atoms with Crippen molar-refractivity contribution in [2.24, 2.45) is 0 Å². The van der Waals surface area contributed by atoms with Gasteiger partial charge in [0.05, 0.1) is 24.3 Å². The highest BCUT2D eigenvalue weighted by molar-refractivity contribution is 5.94. The van der Waals surface area contributed by atoms with Crippen molar-refractivity contribution < 1.29 is 22.7 Å². The van der Waals surface area contributed by atoms with Gasteiger partial charge >= 0.3 is 6.18 Å². The van der Waals surface area contributed by atoms with Gasteiger partial charge < -0.3 is 15.4 Å². The Morgan fingerprint density at radius 3 is 2.66 bits per heavy atom. The zero-order chi connectivity index (χ0) is 20.7. The summed E-state index contributed by atoms with van der Waals surface area (Å²) < 4.78 is 43.7. The number of hydrogen-bond acceptors (Lipinski definition) is 5. The zero-order valence-corrected chi connectivity index (χ0v) is 15.8. The first-order valence-electron chi connectivity index (χ1n) is 9.40. The number of nitrogens with zero attached hydrogens (tertiary/aromatic N) is 2. The minimum absolute atomic E-state index is 0.231. The van der Waals surface area contributed by atoms with Crippen LogP contribution in [0, 0.1) is 0 Å². The van der Waals surface area contributed by atoms with Crippen LogP contribution >= 0.6 is 0 Å². The Hall–Kier alpha value is -2.65. The molecular formula is C20H23F3N4O2. The van der Waals surface area contributed by atoms with Gasteiger partial charge in [-0.25, -0.2) is 4.98 Å². The van der Waals surface area contributed by atoms with Crippen molar-refractivity contribution in [3.63, 3.8) is 0 Å². The van der Waals surface area contributed by atoms with Crippen molar-refractivity contribution in [1.29, 1.82) is 0 Å². The third-order valence-corrected chi connectivity index (χ3v) is 4.53. The molecule has 1 amide bonds. The number of amides is 1. The van der Waals surface area contributed by atoms with Crippen LogP contribution in [-0.4, -0.2) is 55.2 Å². The van der Waals surface area contributed by atoms with Crippen LogP contribution in [0.2, 0.25) is 0 Å². The number of anilines is 2. The average molecular weight is 408 g/mol. The van der Waals surface area contributed by atoms with E-state index in [-0.39, 0.29) is 11.6 Å².